The average Bonchev–Trinajstić information content (AvgIpc) is 2.72. The van der Waals surface area contributed by atoms with Crippen molar-refractivity contribution in [1.82, 2.24) is 5.43 Å². The zero-order valence-corrected chi connectivity index (χ0v) is 15.5. The fourth-order valence-electron chi connectivity index (χ4n) is 2.63. The highest BCUT2D eigenvalue weighted by atomic mass is 16.5. The third-order valence-electron chi connectivity index (χ3n) is 4.15. The number of hydrazone groups is 1. The van der Waals surface area contributed by atoms with Gasteiger partial charge in [0.15, 0.2) is 6.61 Å². The molecule has 4 heteroatoms. The zero-order valence-electron chi connectivity index (χ0n) is 15.5. The first kappa shape index (κ1) is 18.4. The number of para-hydroxylation sites is 1. The van der Waals surface area contributed by atoms with Crippen LogP contribution in [0.5, 0.6) is 5.75 Å². The van der Waals surface area contributed by atoms with Crippen LogP contribution in [-0.2, 0) is 4.79 Å². The lowest BCUT2D eigenvalue weighted by Crippen LogP contribution is -2.25. The highest BCUT2D eigenvalue weighted by Gasteiger charge is 2.08. The Morgan fingerprint density at radius 3 is 2.33 bits per heavy atom. The maximum Gasteiger partial charge on any atom is 0.277 e. The van der Waals surface area contributed by atoms with E-state index in [4.69, 9.17) is 4.74 Å². The van der Waals surface area contributed by atoms with Gasteiger partial charge in [0.1, 0.15) is 5.75 Å². The molecule has 1 N–H and O–H groups in total. The third kappa shape index (κ3) is 5.05. The van der Waals surface area contributed by atoms with E-state index < -0.39 is 0 Å². The first-order valence-corrected chi connectivity index (χ1v) is 8.81. The monoisotopic (exact) mass is 358 g/mol. The van der Waals surface area contributed by atoms with E-state index in [1.54, 1.807) is 0 Å². The predicted molar refractivity (Wildman–Crippen MR) is 109 cm³/mol. The molecular formula is C23H22N2O2. The van der Waals surface area contributed by atoms with Crippen LogP contribution in [0.4, 0.5) is 0 Å². The van der Waals surface area contributed by atoms with Crippen LogP contribution in [0.15, 0.2) is 84.0 Å². The van der Waals surface area contributed by atoms with E-state index in [1.165, 1.54) is 5.56 Å². The quantitative estimate of drug-likeness (QED) is 0.518. The summed E-state index contributed by atoms with van der Waals surface area (Å²) in [7, 11) is 0. The molecule has 0 saturated carbocycles. The molecule has 0 aromatic heterocycles. The van der Waals surface area contributed by atoms with Crippen LogP contribution >= 0.6 is 0 Å². The van der Waals surface area contributed by atoms with Crippen molar-refractivity contribution < 1.29 is 9.53 Å². The summed E-state index contributed by atoms with van der Waals surface area (Å²) in [5, 5.41) is 4.15. The Hall–Kier alpha value is -3.40. The molecule has 1 amide bonds. The summed E-state index contributed by atoms with van der Waals surface area (Å²) >= 11 is 0. The van der Waals surface area contributed by atoms with Crippen LogP contribution < -0.4 is 10.2 Å². The molecule has 0 aliphatic heterocycles. The standard InChI is InChI=1S/C23H22N2O2/c1-17-12-14-19(15-13-17)18(2)24-25-23(26)16-27-22-11-7-6-10-21(22)20-8-4-3-5-9-20/h3-15H,16H2,1-2H3,(H,25,26)/b24-18-. The number of carbonyl (C=O) groups excluding carboxylic acids is 1. The Balaban J connectivity index is 1.61. The van der Waals surface area contributed by atoms with Crippen molar-refractivity contribution in [3.63, 3.8) is 0 Å². The summed E-state index contributed by atoms with van der Waals surface area (Å²) < 4.78 is 5.73. The van der Waals surface area contributed by atoms with Crippen molar-refractivity contribution in [2.75, 3.05) is 6.61 Å². The van der Waals surface area contributed by atoms with Crippen molar-refractivity contribution in [2.45, 2.75) is 13.8 Å². The second kappa shape index (κ2) is 8.81. The van der Waals surface area contributed by atoms with E-state index in [-0.39, 0.29) is 12.5 Å². The van der Waals surface area contributed by atoms with E-state index in [2.05, 4.69) is 10.5 Å². The smallest absolute Gasteiger partial charge is 0.277 e. The molecular weight excluding hydrogens is 336 g/mol. The van der Waals surface area contributed by atoms with Gasteiger partial charge in [-0.05, 0) is 31.0 Å². The minimum atomic E-state index is -0.302. The molecule has 0 radical (unpaired) electrons. The van der Waals surface area contributed by atoms with Crippen LogP contribution in [0.25, 0.3) is 11.1 Å². The molecule has 0 atom stereocenters. The number of nitrogens with zero attached hydrogens (tertiary/aromatic N) is 1. The molecule has 3 aromatic carbocycles. The SMILES string of the molecule is C/C(=N/NC(=O)COc1ccccc1-c1ccccc1)c1ccc(C)cc1. The van der Waals surface area contributed by atoms with Crippen molar-refractivity contribution in [1.29, 1.82) is 0 Å². The Morgan fingerprint density at radius 1 is 0.926 bits per heavy atom. The number of hydrogen-bond acceptors (Lipinski definition) is 3. The molecule has 0 spiro atoms. The molecule has 3 rings (SSSR count). The molecule has 136 valence electrons. The van der Waals surface area contributed by atoms with Gasteiger partial charge in [-0.15, -0.1) is 0 Å². The van der Waals surface area contributed by atoms with Crippen molar-refractivity contribution in [3.05, 3.63) is 90.0 Å². The van der Waals surface area contributed by atoms with Gasteiger partial charge in [0, 0.05) is 5.56 Å². The van der Waals surface area contributed by atoms with Gasteiger partial charge in [0.25, 0.3) is 5.91 Å². The Labute approximate surface area is 159 Å². The van der Waals surface area contributed by atoms with E-state index >= 15 is 0 Å². The second-order valence-corrected chi connectivity index (χ2v) is 6.25. The summed E-state index contributed by atoms with van der Waals surface area (Å²) in [6.45, 7) is 3.79. The second-order valence-electron chi connectivity index (χ2n) is 6.25. The fourth-order valence-corrected chi connectivity index (χ4v) is 2.63. The molecule has 0 bridgehead atoms. The van der Waals surface area contributed by atoms with Gasteiger partial charge in [-0.1, -0.05) is 78.4 Å². The average molecular weight is 358 g/mol. The third-order valence-corrected chi connectivity index (χ3v) is 4.15. The molecule has 4 nitrogen and oxygen atoms in total. The lowest BCUT2D eigenvalue weighted by Gasteiger charge is -2.11. The zero-order chi connectivity index (χ0) is 19.1. The van der Waals surface area contributed by atoms with Crippen LogP contribution in [-0.4, -0.2) is 18.2 Å². The van der Waals surface area contributed by atoms with Crippen molar-refractivity contribution >= 4 is 11.6 Å². The summed E-state index contributed by atoms with van der Waals surface area (Å²) in [6, 6.07) is 25.6. The largest absolute Gasteiger partial charge is 0.483 e. The van der Waals surface area contributed by atoms with E-state index in [1.807, 2.05) is 92.7 Å². The number of ether oxygens (including phenoxy) is 1. The Bertz CT molecular complexity index is 932. The number of amides is 1. The molecule has 0 unspecified atom stereocenters. The summed E-state index contributed by atoms with van der Waals surface area (Å²) in [4.78, 5) is 12.1. The number of nitrogens with one attached hydrogen (secondary N) is 1. The first-order chi connectivity index (χ1) is 13.1. The molecule has 0 aliphatic rings. The fraction of sp³-hybridized carbons (Fsp3) is 0.130. The summed E-state index contributed by atoms with van der Waals surface area (Å²) in [5.41, 5.74) is 7.44. The Morgan fingerprint density at radius 2 is 1.59 bits per heavy atom. The van der Waals surface area contributed by atoms with Gasteiger partial charge in [0.2, 0.25) is 0 Å². The number of aryl methyl sites for hydroxylation is 1. The maximum absolute atomic E-state index is 12.1. The highest BCUT2D eigenvalue weighted by molar-refractivity contribution is 5.99. The minimum Gasteiger partial charge on any atom is -0.483 e. The first-order valence-electron chi connectivity index (χ1n) is 8.81. The van der Waals surface area contributed by atoms with E-state index in [0.29, 0.717) is 5.75 Å². The van der Waals surface area contributed by atoms with Crippen LogP contribution in [0.2, 0.25) is 0 Å². The number of carbonyl (C=O) groups is 1. The van der Waals surface area contributed by atoms with Crippen molar-refractivity contribution in [2.24, 2.45) is 5.10 Å². The topological polar surface area (TPSA) is 50.7 Å². The number of benzene rings is 3. The van der Waals surface area contributed by atoms with Crippen LogP contribution in [0.3, 0.4) is 0 Å². The van der Waals surface area contributed by atoms with Gasteiger partial charge in [-0.2, -0.15) is 5.10 Å². The lowest BCUT2D eigenvalue weighted by atomic mass is 10.1. The number of rotatable bonds is 6. The van der Waals surface area contributed by atoms with Gasteiger partial charge >= 0.3 is 0 Å². The molecule has 3 aromatic rings. The Kier molecular flexibility index (Phi) is 6.00. The summed E-state index contributed by atoms with van der Waals surface area (Å²) in [5.74, 6) is 0.363. The van der Waals surface area contributed by atoms with Gasteiger partial charge < -0.3 is 4.74 Å². The van der Waals surface area contributed by atoms with Crippen LogP contribution in [0.1, 0.15) is 18.1 Å². The molecule has 0 fully saturated rings. The minimum absolute atomic E-state index is 0.103. The van der Waals surface area contributed by atoms with Gasteiger partial charge in [-0.25, -0.2) is 5.43 Å². The summed E-state index contributed by atoms with van der Waals surface area (Å²) in [6.07, 6.45) is 0. The van der Waals surface area contributed by atoms with Crippen molar-refractivity contribution in [3.8, 4) is 16.9 Å². The predicted octanol–water partition coefficient (Wildman–Crippen LogP) is 4.58. The normalized spacial score (nSPS) is 11.1. The van der Waals surface area contributed by atoms with E-state index in [0.717, 1.165) is 22.4 Å². The molecule has 27 heavy (non-hydrogen) atoms. The van der Waals surface area contributed by atoms with Crippen LogP contribution in [0, 0.1) is 6.92 Å². The molecule has 0 aliphatic carbocycles. The van der Waals surface area contributed by atoms with Gasteiger partial charge in [-0.3, -0.25) is 4.79 Å². The lowest BCUT2D eigenvalue weighted by molar-refractivity contribution is -0.123. The maximum atomic E-state index is 12.1. The van der Waals surface area contributed by atoms with E-state index in [9.17, 15) is 4.79 Å². The van der Waals surface area contributed by atoms with Gasteiger partial charge in [0.05, 0.1) is 5.71 Å². The molecule has 0 saturated heterocycles. The highest BCUT2D eigenvalue weighted by Crippen LogP contribution is 2.29. The number of hydrogen-bond donors (Lipinski definition) is 1. The molecule has 0 heterocycles.